The Kier molecular flexibility index (Phi) is 12.6. The van der Waals surface area contributed by atoms with E-state index in [0.29, 0.717) is 0 Å². The second-order valence-corrected chi connectivity index (χ2v) is 4.78. The van der Waals surface area contributed by atoms with Crippen molar-refractivity contribution in [3.63, 3.8) is 0 Å². The van der Waals surface area contributed by atoms with Crippen molar-refractivity contribution in [1.29, 1.82) is 0 Å². The molecule has 2 heteroatoms. The summed E-state index contributed by atoms with van der Waals surface area (Å²) in [6.45, 7) is 8.44. The van der Waals surface area contributed by atoms with Crippen LogP contribution in [0.15, 0.2) is 0 Å². The largest absolute Gasteiger partial charge is 0.303 e. The van der Waals surface area contributed by atoms with E-state index in [1.807, 2.05) is 0 Å². The maximum absolute atomic E-state index is 4.26. The van der Waals surface area contributed by atoms with Gasteiger partial charge in [-0.15, -0.1) is 0 Å². The maximum Gasteiger partial charge on any atom is -0.00184 e. The minimum absolute atomic E-state index is 1.04. The van der Waals surface area contributed by atoms with Crippen LogP contribution in [0.1, 0.15) is 58.8 Å². The molecule has 0 spiro atoms. The summed E-state index contributed by atoms with van der Waals surface area (Å²) >= 11 is 4.26. The normalized spacial score (nSPS) is 11.2. The molecule has 0 fully saturated rings. The molecule has 0 rings (SSSR count). The molecule has 0 bridgehead atoms. The number of thiol groups is 1. The van der Waals surface area contributed by atoms with Gasteiger partial charge in [0.2, 0.25) is 0 Å². The van der Waals surface area contributed by atoms with E-state index in [1.54, 1.807) is 0 Å². The predicted molar refractivity (Wildman–Crippen MR) is 74.0 cm³/mol. The first kappa shape index (κ1) is 15.3. The highest BCUT2D eigenvalue weighted by molar-refractivity contribution is 7.80. The van der Waals surface area contributed by atoms with Gasteiger partial charge < -0.3 is 4.90 Å². The molecule has 0 aliphatic rings. The highest BCUT2D eigenvalue weighted by Crippen LogP contribution is 2.03. The zero-order chi connectivity index (χ0) is 11.4. The summed E-state index contributed by atoms with van der Waals surface area (Å²) in [5.74, 6) is 1.04. The fraction of sp³-hybridized carbons (Fsp3) is 1.00. The fourth-order valence-corrected chi connectivity index (χ4v) is 1.97. The monoisotopic (exact) mass is 231 g/mol. The Morgan fingerprint density at radius 3 is 1.80 bits per heavy atom. The lowest BCUT2D eigenvalue weighted by molar-refractivity contribution is 0.260. The number of hydrogen-bond acceptors (Lipinski definition) is 2. The van der Waals surface area contributed by atoms with Gasteiger partial charge >= 0.3 is 0 Å². The molecule has 92 valence electrons. The molecule has 0 aliphatic carbocycles. The van der Waals surface area contributed by atoms with Crippen LogP contribution in [0.4, 0.5) is 0 Å². The van der Waals surface area contributed by atoms with Gasteiger partial charge in [0.1, 0.15) is 0 Å². The van der Waals surface area contributed by atoms with Gasteiger partial charge in [0.25, 0.3) is 0 Å². The Labute approximate surface area is 102 Å². The third-order valence-electron chi connectivity index (χ3n) is 2.79. The average Bonchev–Trinajstić information content (AvgIpc) is 2.25. The second kappa shape index (κ2) is 12.4. The Bertz CT molecular complexity index is 107. The lowest BCUT2D eigenvalue weighted by Crippen LogP contribution is -2.27. The summed E-state index contributed by atoms with van der Waals surface area (Å²) in [6, 6.07) is 0. The standard InChI is InChI=1S/C13H29NS/c1-3-5-7-11-14(10-6-4-2)12-8-9-13-15/h15H,3-13H2,1-2H3. The average molecular weight is 231 g/mol. The Balaban J connectivity index is 3.53. The topological polar surface area (TPSA) is 3.24 Å². The van der Waals surface area contributed by atoms with E-state index in [0.717, 1.165) is 5.75 Å². The number of nitrogens with zero attached hydrogens (tertiary/aromatic N) is 1. The molecular weight excluding hydrogens is 202 g/mol. The van der Waals surface area contributed by atoms with Crippen LogP contribution in [-0.2, 0) is 0 Å². The van der Waals surface area contributed by atoms with Crippen molar-refractivity contribution in [3.8, 4) is 0 Å². The number of rotatable bonds is 11. The fourth-order valence-electron chi connectivity index (χ4n) is 1.75. The van der Waals surface area contributed by atoms with Crippen molar-refractivity contribution in [2.75, 3.05) is 25.4 Å². The summed E-state index contributed by atoms with van der Waals surface area (Å²) in [5.41, 5.74) is 0. The Morgan fingerprint density at radius 1 is 0.733 bits per heavy atom. The van der Waals surface area contributed by atoms with Gasteiger partial charge in [-0.1, -0.05) is 33.1 Å². The minimum Gasteiger partial charge on any atom is -0.303 e. The molecule has 0 unspecified atom stereocenters. The molecule has 0 saturated heterocycles. The molecule has 15 heavy (non-hydrogen) atoms. The highest BCUT2D eigenvalue weighted by Gasteiger charge is 2.02. The Hall–Kier alpha value is 0.310. The number of unbranched alkanes of at least 4 members (excludes halogenated alkanes) is 4. The molecule has 0 amide bonds. The smallest absolute Gasteiger partial charge is 0.00184 e. The SMILES string of the molecule is CCCCCN(CCCC)CCCCS. The molecule has 1 nitrogen and oxygen atoms in total. The lowest BCUT2D eigenvalue weighted by Gasteiger charge is -2.21. The molecule has 0 radical (unpaired) electrons. The molecule has 0 N–H and O–H groups in total. The zero-order valence-electron chi connectivity index (χ0n) is 10.7. The van der Waals surface area contributed by atoms with Crippen molar-refractivity contribution < 1.29 is 0 Å². The maximum atomic E-state index is 4.26. The van der Waals surface area contributed by atoms with Crippen LogP contribution in [0.3, 0.4) is 0 Å². The molecule has 0 aliphatic heterocycles. The molecule has 0 aromatic carbocycles. The van der Waals surface area contributed by atoms with E-state index in [4.69, 9.17) is 0 Å². The molecule has 0 aromatic rings. The van der Waals surface area contributed by atoms with Crippen LogP contribution in [-0.4, -0.2) is 30.3 Å². The van der Waals surface area contributed by atoms with Crippen LogP contribution >= 0.6 is 12.6 Å². The van der Waals surface area contributed by atoms with Crippen LogP contribution < -0.4 is 0 Å². The van der Waals surface area contributed by atoms with Crippen LogP contribution in [0.5, 0.6) is 0 Å². The summed E-state index contributed by atoms with van der Waals surface area (Å²) < 4.78 is 0. The van der Waals surface area contributed by atoms with E-state index in [-0.39, 0.29) is 0 Å². The van der Waals surface area contributed by atoms with Gasteiger partial charge in [-0.05, 0) is 51.1 Å². The van der Waals surface area contributed by atoms with Gasteiger partial charge in [-0.2, -0.15) is 12.6 Å². The summed E-state index contributed by atoms with van der Waals surface area (Å²) in [4.78, 5) is 2.64. The molecule has 0 atom stereocenters. The van der Waals surface area contributed by atoms with Crippen LogP contribution in [0.25, 0.3) is 0 Å². The summed E-state index contributed by atoms with van der Waals surface area (Å²) in [5, 5.41) is 0. The van der Waals surface area contributed by atoms with E-state index < -0.39 is 0 Å². The van der Waals surface area contributed by atoms with E-state index in [2.05, 4.69) is 31.4 Å². The third-order valence-corrected chi connectivity index (χ3v) is 3.10. The third kappa shape index (κ3) is 10.6. The van der Waals surface area contributed by atoms with Crippen LogP contribution in [0, 0.1) is 0 Å². The summed E-state index contributed by atoms with van der Waals surface area (Å²) in [6.07, 6.45) is 9.34. The summed E-state index contributed by atoms with van der Waals surface area (Å²) in [7, 11) is 0. The van der Waals surface area contributed by atoms with E-state index in [9.17, 15) is 0 Å². The van der Waals surface area contributed by atoms with Gasteiger partial charge in [0.15, 0.2) is 0 Å². The predicted octanol–water partition coefficient (Wildman–Crippen LogP) is 3.99. The first-order valence-corrected chi connectivity index (χ1v) is 7.31. The molecule has 0 saturated carbocycles. The van der Waals surface area contributed by atoms with Gasteiger partial charge in [-0.25, -0.2) is 0 Å². The number of hydrogen-bond donors (Lipinski definition) is 1. The lowest BCUT2D eigenvalue weighted by atomic mass is 10.2. The van der Waals surface area contributed by atoms with E-state index >= 15 is 0 Å². The van der Waals surface area contributed by atoms with Crippen molar-refractivity contribution >= 4 is 12.6 Å². The van der Waals surface area contributed by atoms with Gasteiger partial charge in [0, 0.05) is 0 Å². The quantitative estimate of drug-likeness (QED) is 0.416. The first-order chi connectivity index (χ1) is 7.35. The van der Waals surface area contributed by atoms with Crippen molar-refractivity contribution in [2.45, 2.75) is 58.8 Å². The molecular formula is C13H29NS. The highest BCUT2D eigenvalue weighted by atomic mass is 32.1. The van der Waals surface area contributed by atoms with Gasteiger partial charge in [0.05, 0.1) is 0 Å². The van der Waals surface area contributed by atoms with Crippen molar-refractivity contribution in [1.82, 2.24) is 4.90 Å². The van der Waals surface area contributed by atoms with Crippen molar-refractivity contribution in [2.24, 2.45) is 0 Å². The van der Waals surface area contributed by atoms with Gasteiger partial charge in [-0.3, -0.25) is 0 Å². The zero-order valence-corrected chi connectivity index (χ0v) is 11.6. The Morgan fingerprint density at radius 2 is 1.27 bits per heavy atom. The van der Waals surface area contributed by atoms with Crippen molar-refractivity contribution in [3.05, 3.63) is 0 Å². The minimum atomic E-state index is 1.04. The second-order valence-electron chi connectivity index (χ2n) is 4.33. The van der Waals surface area contributed by atoms with E-state index in [1.165, 1.54) is 64.6 Å². The first-order valence-electron chi connectivity index (χ1n) is 6.68. The molecule has 0 heterocycles. The molecule has 0 aromatic heterocycles. The van der Waals surface area contributed by atoms with Crippen LogP contribution in [0.2, 0.25) is 0 Å².